The number of hydrogen-bond acceptors (Lipinski definition) is 12. The molecule has 1 heterocycles. The number of nitrogens with one attached hydrogen (secondary N) is 2. The monoisotopic (exact) mass is 521 g/mol. The standard InChI is InChI=1S/C18H27N5O13/c1-5(24)12(36-6(2)23-3-7(15(29)30)13(27)22-18(23)34)10(16(31)32)21-14(28)9(19)11(26)8(25)4-35-17(20)33/h3,5-6,8-12,24-26H,4,19H2,1-2H3,(H2,20,33)(H,21,28)(H,29,30)(H,31,32)(H,22,27,34)/t5?,6-,8+,9+,10?,11-,12+/m1/s1. The topological polar surface area (TPSA) is 307 Å². The van der Waals surface area contributed by atoms with Crippen LogP contribution in [-0.2, 0) is 19.1 Å². The number of carbonyl (C=O) groups is 4. The van der Waals surface area contributed by atoms with Crippen molar-refractivity contribution in [2.45, 2.75) is 56.6 Å². The van der Waals surface area contributed by atoms with Gasteiger partial charge in [0.2, 0.25) is 5.91 Å². The third kappa shape index (κ3) is 7.85. The fourth-order valence-electron chi connectivity index (χ4n) is 2.87. The SMILES string of the molecule is CC(O)[C@H](O[C@H](C)n1cc(C(=O)O)c(=O)[nH]c1=O)C(NC(=O)[C@@H](N)[C@H](O)[C@@H](O)COC(N)=O)C(=O)O. The number of ether oxygens (including phenoxy) is 2. The fraction of sp³-hybridized carbons (Fsp3) is 0.556. The molecule has 0 radical (unpaired) electrons. The molecule has 0 aromatic carbocycles. The number of carbonyl (C=O) groups excluding carboxylic acids is 2. The van der Waals surface area contributed by atoms with Crippen molar-refractivity contribution in [2.24, 2.45) is 11.5 Å². The molecular formula is C18H27N5O13. The Kier molecular flexibility index (Phi) is 10.7. The zero-order valence-corrected chi connectivity index (χ0v) is 18.9. The summed E-state index contributed by atoms with van der Waals surface area (Å²) in [6, 6.07) is -4.00. The van der Waals surface area contributed by atoms with Crippen molar-refractivity contribution in [3.05, 3.63) is 32.6 Å². The molecule has 202 valence electrons. The summed E-state index contributed by atoms with van der Waals surface area (Å²) < 4.78 is 10.3. The van der Waals surface area contributed by atoms with Crippen LogP contribution in [0.2, 0.25) is 0 Å². The summed E-state index contributed by atoms with van der Waals surface area (Å²) >= 11 is 0. The minimum absolute atomic E-state index is 0.603. The van der Waals surface area contributed by atoms with Crippen LogP contribution >= 0.6 is 0 Å². The molecule has 7 atom stereocenters. The van der Waals surface area contributed by atoms with Gasteiger partial charge in [0.25, 0.3) is 5.56 Å². The van der Waals surface area contributed by atoms with Crippen LogP contribution in [0.15, 0.2) is 15.8 Å². The molecule has 18 heteroatoms. The number of rotatable bonds is 13. The van der Waals surface area contributed by atoms with E-state index in [1.807, 2.05) is 5.32 Å². The van der Waals surface area contributed by atoms with Gasteiger partial charge in [0.1, 0.15) is 42.8 Å². The number of nitrogens with two attached hydrogens (primary N) is 2. The summed E-state index contributed by atoms with van der Waals surface area (Å²) in [4.78, 5) is 71.5. The van der Waals surface area contributed by atoms with E-state index in [1.165, 1.54) is 0 Å². The highest BCUT2D eigenvalue weighted by Crippen LogP contribution is 2.16. The summed E-state index contributed by atoms with van der Waals surface area (Å²) in [6.45, 7) is 1.41. The van der Waals surface area contributed by atoms with Gasteiger partial charge in [-0.15, -0.1) is 0 Å². The zero-order chi connectivity index (χ0) is 27.9. The second-order valence-corrected chi connectivity index (χ2v) is 7.49. The number of aliphatic carboxylic acids is 1. The Balaban J connectivity index is 3.14. The first-order valence-corrected chi connectivity index (χ1v) is 10.1. The number of primary amides is 1. The van der Waals surface area contributed by atoms with Gasteiger partial charge in [0.05, 0.1) is 6.10 Å². The van der Waals surface area contributed by atoms with Crippen molar-refractivity contribution in [1.82, 2.24) is 14.9 Å². The van der Waals surface area contributed by atoms with Crippen molar-refractivity contribution in [3.8, 4) is 0 Å². The summed E-state index contributed by atoms with van der Waals surface area (Å²) in [6.07, 6.45) is -9.45. The molecule has 0 saturated heterocycles. The van der Waals surface area contributed by atoms with Gasteiger partial charge in [-0.05, 0) is 13.8 Å². The fourth-order valence-corrected chi connectivity index (χ4v) is 2.87. The molecule has 0 bridgehead atoms. The number of aromatic amines is 1. The highest BCUT2D eigenvalue weighted by atomic mass is 16.6. The number of nitrogens with zero attached hydrogens (tertiary/aromatic N) is 1. The van der Waals surface area contributed by atoms with Crippen molar-refractivity contribution in [3.63, 3.8) is 0 Å². The van der Waals surface area contributed by atoms with Gasteiger partial charge in [0, 0.05) is 6.20 Å². The lowest BCUT2D eigenvalue weighted by molar-refractivity contribution is -0.158. The molecule has 2 unspecified atom stereocenters. The van der Waals surface area contributed by atoms with Crippen LogP contribution in [0.4, 0.5) is 4.79 Å². The molecule has 0 aliphatic heterocycles. The second-order valence-electron chi connectivity index (χ2n) is 7.49. The Morgan fingerprint density at radius 2 is 1.72 bits per heavy atom. The molecule has 1 rings (SSSR count). The molecule has 1 aromatic heterocycles. The summed E-state index contributed by atoms with van der Waals surface area (Å²) in [7, 11) is 0. The maximum atomic E-state index is 12.4. The van der Waals surface area contributed by atoms with E-state index in [2.05, 4.69) is 4.74 Å². The molecule has 18 nitrogen and oxygen atoms in total. The molecular weight excluding hydrogens is 494 g/mol. The molecule has 0 fully saturated rings. The van der Waals surface area contributed by atoms with Crippen LogP contribution in [0.3, 0.4) is 0 Å². The van der Waals surface area contributed by atoms with Crippen molar-refractivity contribution in [1.29, 1.82) is 0 Å². The molecule has 11 N–H and O–H groups in total. The smallest absolute Gasteiger partial charge is 0.404 e. The molecule has 0 aliphatic carbocycles. The molecule has 2 amide bonds. The van der Waals surface area contributed by atoms with Gasteiger partial charge in [-0.1, -0.05) is 0 Å². The Labute approximate surface area is 201 Å². The van der Waals surface area contributed by atoms with Crippen LogP contribution in [0, 0.1) is 0 Å². The minimum Gasteiger partial charge on any atom is -0.480 e. The third-order valence-corrected chi connectivity index (χ3v) is 4.77. The van der Waals surface area contributed by atoms with Crippen molar-refractivity contribution in [2.75, 3.05) is 6.61 Å². The van der Waals surface area contributed by atoms with Gasteiger partial charge in [-0.25, -0.2) is 19.2 Å². The maximum absolute atomic E-state index is 12.4. The zero-order valence-electron chi connectivity index (χ0n) is 18.9. The average molecular weight is 521 g/mol. The van der Waals surface area contributed by atoms with Gasteiger partial charge in [0.15, 0.2) is 6.04 Å². The van der Waals surface area contributed by atoms with Gasteiger partial charge >= 0.3 is 23.7 Å². The number of aliphatic hydroxyl groups is 3. The lowest BCUT2D eigenvalue weighted by atomic mass is 10.0. The number of aromatic nitrogens is 2. The number of amides is 2. The van der Waals surface area contributed by atoms with E-state index >= 15 is 0 Å². The molecule has 0 saturated carbocycles. The Bertz CT molecular complexity index is 1080. The first-order valence-electron chi connectivity index (χ1n) is 10.1. The molecule has 36 heavy (non-hydrogen) atoms. The van der Waals surface area contributed by atoms with E-state index in [1.54, 1.807) is 4.98 Å². The van der Waals surface area contributed by atoms with Crippen LogP contribution in [-0.4, -0.2) is 102 Å². The maximum Gasteiger partial charge on any atom is 0.404 e. The van der Waals surface area contributed by atoms with E-state index in [-0.39, 0.29) is 0 Å². The van der Waals surface area contributed by atoms with Crippen molar-refractivity contribution < 1.29 is 54.2 Å². The lowest BCUT2D eigenvalue weighted by Gasteiger charge is -2.31. The first-order chi connectivity index (χ1) is 16.6. The average Bonchev–Trinajstić information content (AvgIpc) is 2.77. The van der Waals surface area contributed by atoms with Crippen molar-refractivity contribution >= 4 is 23.9 Å². The van der Waals surface area contributed by atoms with E-state index in [9.17, 15) is 49.2 Å². The van der Waals surface area contributed by atoms with Gasteiger partial charge < -0.3 is 51.8 Å². The number of carboxylic acid groups (broad SMARTS) is 2. The van der Waals surface area contributed by atoms with Crippen LogP contribution < -0.4 is 28.0 Å². The lowest BCUT2D eigenvalue weighted by Crippen LogP contribution is -2.60. The Morgan fingerprint density at radius 1 is 1.14 bits per heavy atom. The minimum atomic E-state index is -2.05. The Morgan fingerprint density at radius 3 is 2.19 bits per heavy atom. The highest BCUT2D eigenvalue weighted by Gasteiger charge is 2.38. The predicted octanol–water partition coefficient (Wildman–Crippen LogP) is -4.77. The predicted molar refractivity (Wildman–Crippen MR) is 115 cm³/mol. The first kappa shape index (κ1) is 30.2. The highest BCUT2D eigenvalue weighted by molar-refractivity contribution is 5.88. The number of carboxylic acids is 2. The number of aliphatic hydroxyl groups excluding tert-OH is 3. The van der Waals surface area contributed by atoms with Crippen LogP contribution in [0.1, 0.15) is 30.4 Å². The normalized spacial score (nSPS) is 17.1. The number of hydrogen-bond donors (Lipinski definition) is 9. The Hall–Kier alpha value is -3.84. The molecule has 0 spiro atoms. The second kappa shape index (κ2) is 12.7. The van der Waals surface area contributed by atoms with E-state index in [0.29, 0.717) is 10.8 Å². The van der Waals surface area contributed by atoms with Crippen LogP contribution in [0.5, 0.6) is 0 Å². The number of aromatic carboxylic acids is 1. The van der Waals surface area contributed by atoms with E-state index in [4.69, 9.17) is 21.3 Å². The summed E-state index contributed by atoms with van der Waals surface area (Å²) in [5.41, 5.74) is 7.12. The quantitative estimate of drug-likeness (QED) is 0.118. The summed E-state index contributed by atoms with van der Waals surface area (Å²) in [5.74, 6) is -4.75. The largest absolute Gasteiger partial charge is 0.480 e. The van der Waals surface area contributed by atoms with Gasteiger partial charge in [-0.2, -0.15) is 0 Å². The summed E-state index contributed by atoms with van der Waals surface area (Å²) in [5, 5.41) is 50.4. The number of H-pyrrole nitrogens is 1. The molecule has 0 aliphatic rings. The van der Waals surface area contributed by atoms with E-state index < -0.39 is 90.1 Å². The van der Waals surface area contributed by atoms with Gasteiger partial charge in [-0.3, -0.25) is 19.1 Å². The molecule has 1 aromatic rings. The third-order valence-electron chi connectivity index (χ3n) is 4.77. The van der Waals surface area contributed by atoms with E-state index in [0.717, 1.165) is 13.8 Å². The van der Waals surface area contributed by atoms with Crippen LogP contribution in [0.25, 0.3) is 0 Å².